The van der Waals surface area contributed by atoms with Crippen LogP contribution in [-0.2, 0) is 6.42 Å². The minimum Gasteiger partial charge on any atom is -0.384 e. The Balaban J connectivity index is 2.75. The van der Waals surface area contributed by atoms with Crippen LogP contribution in [-0.4, -0.2) is 9.97 Å². The number of aromatic nitrogens is 2. The van der Waals surface area contributed by atoms with Gasteiger partial charge in [-0.15, -0.1) is 0 Å². The molecule has 3 heteroatoms. The van der Waals surface area contributed by atoms with Crippen molar-refractivity contribution in [1.29, 1.82) is 0 Å². The summed E-state index contributed by atoms with van der Waals surface area (Å²) < 4.78 is 0. The van der Waals surface area contributed by atoms with E-state index in [2.05, 4.69) is 16.9 Å². The molecule has 1 heterocycles. The molecule has 0 saturated heterocycles. The third-order valence-corrected chi connectivity index (χ3v) is 1.20. The maximum absolute atomic E-state index is 5.44. The van der Waals surface area contributed by atoms with Crippen LogP contribution >= 0.6 is 0 Å². The highest BCUT2D eigenvalue weighted by Crippen LogP contribution is 1.98. The lowest BCUT2D eigenvalue weighted by molar-refractivity contribution is 0.837. The van der Waals surface area contributed by atoms with E-state index < -0.39 is 0 Å². The van der Waals surface area contributed by atoms with Gasteiger partial charge >= 0.3 is 0 Å². The van der Waals surface area contributed by atoms with Crippen LogP contribution in [0.1, 0.15) is 19.2 Å². The van der Waals surface area contributed by atoms with Gasteiger partial charge in [-0.2, -0.15) is 0 Å². The molecular weight excluding hydrogens is 126 g/mol. The number of hydrogen-bond donors (Lipinski definition) is 1. The summed E-state index contributed by atoms with van der Waals surface area (Å²) in [6.07, 6.45) is 3.65. The Labute approximate surface area is 60.3 Å². The number of anilines is 1. The van der Waals surface area contributed by atoms with Crippen molar-refractivity contribution in [2.45, 2.75) is 19.8 Å². The third kappa shape index (κ3) is 1.69. The summed E-state index contributed by atoms with van der Waals surface area (Å²) in [5, 5.41) is 0. The predicted molar refractivity (Wildman–Crippen MR) is 40.4 cm³/mol. The van der Waals surface area contributed by atoms with Gasteiger partial charge < -0.3 is 5.73 Å². The second kappa shape index (κ2) is 3.15. The molecule has 10 heavy (non-hydrogen) atoms. The molecule has 0 aliphatic heterocycles. The van der Waals surface area contributed by atoms with Gasteiger partial charge in [0, 0.05) is 12.6 Å². The minimum absolute atomic E-state index is 0.554. The highest BCUT2D eigenvalue weighted by Gasteiger charge is 1.92. The number of hydrogen-bond acceptors (Lipinski definition) is 3. The van der Waals surface area contributed by atoms with Gasteiger partial charge in [-0.25, -0.2) is 9.97 Å². The van der Waals surface area contributed by atoms with Gasteiger partial charge in [0.2, 0.25) is 0 Å². The quantitative estimate of drug-likeness (QED) is 0.661. The van der Waals surface area contributed by atoms with E-state index in [4.69, 9.17) is 5.73 Å². The van der Waals surface area contributed by atoms with E-state index in [0.29, 0.717) is 5.82 Å². The first-order valence-electron chi connectivity index (χ1n) is 3.40. The van der Waals surface area contributed by atoms with E-state index in [0.717, 1.165) is 18.7 Å². The Morgan fingerprint density at radius 1 is 1.60 bits per heavy atom. The normalized spacial score (nSPS) is 9.70. The fourth-order valence-electron chi connectivity index (χ4n) is 0.759. The lowest BCUT2D eigenvalue weighted by atomic mass is 10.3. The smallest absolute Gasteiger partial charge is 0.130 e. The molecule has 1 rings (SSSR count). The van der Waals surface area contributed by atoms with Crippen molar-refractivity contribution >= 4 is 5.82 Å². The lowest BCUT2D eigenvalue weighted by Crippen LogP contribution is -1.97. The first-order valence-corrected chi connectivity index (χ1v) is 3.40. The summed E-state index contributed by atoms with van der Waals surface area (Å²) in [5.74, 6) is 1.39. The van der Waals surface area contributed by atoms with Crippen molar-refractivity contribution in [3.05, 3.63) is 18.1 Å². The SMILES string of the molecule is CCCc1nccc(N)n1. The van der Waals surface area contributed by atoms with E-state index in [-0.39, 0.29) is 0 Å². The van der Waals surface area contributed by atoms with Crippen LogP contribution < -0.4 is 5.73 Å². The average Bonchev–Trinajstić information content (AvgIpc) is 1.88. The Morgan fingerprint density at radius 3 is 3.00 bits per heavy atom. The molecule has 0 saturated carbocycles. The van der Waals surface area contributed by atoms with Crippen LogP contribution in [0.25, 0.3) is 0 Å². The Bertz CT molecular complexity index is 210. The number of nitrogens with two attached hydrogens (primary N) is 1. The van der Waals surface area contributed by atoms with Gasteiger partial charge in [0.05, 0.1) is 0 Å². The molecule has 0 fully saturated rings. The largest absolute Gasteiger partial charge is 0.384 e. The maximum Gasteiger partial charge on any atom is 0.130 e. The zero-order valence-corrected chi connectivity index (χ0v) is 6.04. The summed E-state index contributed by atoms with van der Waals surface area (Å²) in [7, 11) is 0. The van der Waals surface area contributed by atoms with Gasteiger partial charge in [-0.3, -0.25) is 0 Å². The van der Waals surface area contributed by atoms with Gasteiger partial charge in [0.15, 0.2) is 0 Å². The Hall–Kier alpha value is -1.12. The first kappa shape index (κ1) is 6.99. The molecule has 0 radical (unpaired) electrons. The summed E-state index contributed by atoms with van der Waals surface area (Å²) in [6, 6.07) is 1.69. The van der Waals surface area contributed by atoms with E-state index >= 15 is 0 Å². The van der Waals surface area contributed by atoms with Crippen LogP contribution in [0.2, 0.25) is 0 Å². The summed E-state index contributed by atoms with van der Waals surface area (Å²) in [6.45, 7) is 2.09. The molecule has 1 aromatic heterocycles. The van der Waals surface area contributed by atoms with E-state index in [1.165, 1.54) is 0 Å². The average molecular weight is 137 g/mol. The van der Waals surface area contributed by atoms with Crippen molar-refractivity contribution in [2.24, 2.45) is 0 Å². The summed E-state index contributed by atoms with van der Waals surface area (Å²) >= 11 is 0. The molecule has 0 atom stereocenters. The van der Waals surface area contributed by atoms with Crippen LogP contribution in [0.4, 0.5) is 5.82 Å². The van der Waals surface area contributed by atoms with E-state index in [1.807, 2.05) is 0 Å². The molecule has 0 bridgehead atoms. The zero-order chi connectivity index (χ0) is 7.40. The second-order valence-corrected chi connectivity index (χ2v) is 2.15. The molecule has 0 amide bonds. The number of nitrogen functional groups attached to an aromatic ring is 1. The van der Waals surface area contributed by atoms with Gasteiger partial charge in [-0.05, 0) is 12.5 Å². The minimum atomic E-state index is 0.554. The molecular formula is C7H11N3. The van der Waals surface area contributed by atoms with Crippen molar-refractivity contribution in [3.63, 3.8) is 0 Å². The number of aryl methyl sites for hydroxylation is 1. The van der Waals surface area contributed by atoms with Crippen molar-refractivity contribution in [3.8, 4) is 0 Å². The van der Waals surface area contributed by atoms with Gasteiger partial charge in [-0.1, -0.05) is 6.92 Å². The molecule has 1 aromatic rings. The van der Waals surface area contributed by atoms with Crippen LogP contribution in [0.15, 0.2) is 12.3 Å². The first-order chi connectivity index (χ1) is 4.83. The van der Waals surface area contributed by atoms with Crippen molar-refractivity contribution in [1.82, 2.24) is 9.97 Å². The number of rotatable bonds is 2. The van der Waals surface area contributed by atoms with Crippen LogP contribution in [0.3, 0.4) is 0 Å². The van der Waals surface area contributed by atoms with E-state index in [9.17, 15) is 0 Å². The molecule has 3 nitrogen and oxygen atoms in total. The number of nitrogens with zero attached hydrogens (tertiary/aromatic N) is 2. The monoisotopic (exact) mass is 137 g/mol. The van der Waals surface area contributed by atoms with E-state index in [1.54, 1.807) is 12.3 Å². The molecule has 2 N–H and O–H groups in total. The van der Waals surface area contributed by atoms with Crippen molar-refractivity contribution < 1.29 is 0 Å². The fourth-order valence-corrected chi connectivity index (χ4v) is 0.759. The van der Waals surface area contributed by atoms with Crippen molar-refractivity contribution in [2.75, 3.05) is 5.73 Å². The standard InChI is InChI=1S/C7H11N3/c1-2-3-7-9-5-4-6(8)10-7/h4-5H,2-3H2,1H3,(H2,8,9,10). The molecule has 54 valence electrons. The summed E-state index contributed by atoms with van der Waals surface area (Å²) in [4.78, 5) is 8.07. The predicted octanol–water partition coefficient (Wildman–Crippen LogP) is 1.01. The highest BCUT2D eigenvalue weighted by atomic mass is 14.9. The molecule has 0 aliphatic rings. The Kier molecular flexibility index (Phi) is 2.20. The fraction of sp³-hybridized carbons (Fsp3) is 0.429. The molecule has 0 unspecified atom stereocenters. The highest BCUT2D eigenvalue weighted by molar-refractivity contribution is 5.24. The maximum atomic E-state index is 5.44. The van der Waals surface area contributed by atoms with Crippen LogP contribution in [0, 0.1) is 0 Å². The third-order valence-electron chi connectivity index (χ3n) is 1.20. The zero-order valence-electron chi connectivity index (χ0n) is 6.04. The summed E-state index contributed by atoms with van der Waals surface area (Å²) in [5.41, 5.74) is 5.44. The van der Waals surface area contributed by atoms with Gasteiger partial charge in [0.25, 0.3) is 0 Å². The van der Waals surface area contributed by atoms with Crippen LogP contribution in [0.5, 0.6) is 0 Å². The molecule has 0 aliphatic carbocycles. The second-order valence-electron chi connectivity index (χ2n) is 2.15. The lowest BCUT2D eigenvalue weighted by Gasteiger charge is -1.95. The Morgan fingerprint density at radius 2 is 2.40 bits per heavy atom. The molecule has 0 aromatic carbocycles. The molecule has 0 spiro atoms. The topological polar surface area (TPSA) is 51.8 Å². The van der Waals surface area contributed by atoms with Gasteiger partial charge in [0.1, 0.15) is 11.6 Å².